The molecule has 0 radical (unpaired) electrons. The third-order valence-corrected chi connectivity index (χ3v) is 9.18. The van der Waals surface area contributed by atoms with Gasteiger partial charge in [0.05, 0.1) is 54.0 Å². The van der Waals surface area contributed by atoms with Gasteiger partial charge < -0.3 is 14.0 Å². The number of nitrogens with zero attached hydrogens (tertiary/aromatic N) is 6. The Morgan fingerprint density at radius 2 is 1.81 bits per heavy atom. The summed E-state index contributed by atoms with van der Waals surface area (Å²) in [4.78, 5) is 13.9. The molecule has 0 bridgehead atoms. The van der Waals surface area contributed by atoms with Gasteiger partial charge in [0, 0.05) is 32.5 Å². The molecule has 0 atom stereocenters. The van der Waals surface area contributed by atoms with E-state index >= 15 is 0 Å². The maximum Gasteiger partial charge on any atom is 0.264 e. The van der Waals surface area contributed by atoms with Crippen LogP contribution in [0.5, 0.6) is 11.5 Å². The van der Waals surface area contributed by atoms with Crippen molar-refractivity contribution >= 4 is 51.9 Å². The number of aromatic nitrogens is 6. The Balaban J connectivity index is 1.35. The van der Waals surface area contributed by atoms with Gasteiger partial charge in [-0.1, -0.05) is 31.2 Å². The topological polar surface area (TPSA) is 123 Å². The van der Waals surface area contributed by atoms with E-state index in [2.05, 4.69) is 34.7 Å². The van der Waals surface area contributed by atoms with E-state index in [-0.39, 0.29) is 13.2 Å². The Kier molecular flexibility index (Phi) is 8.67. The quantitative estimate of drug-likeness (QED) is 0.0945. The molecule has 2 aromatic carbocycles. The molecule has 3 aromatic heterocycles. The van der Waals surface area contributed by atoms with Gasteiger partial charge in [-0.15, -0.1) is 0 Å². The number of hydrogen-bond donors (Lipinski definition) is 0. The number of benzene rings is 2. The van der Waals surface area contributed by atoms with Gasteiger partial charge in [0.25, 0.3) is 10.1 Å². The third kappa shape index (κ3) is 7.34. The minimum Gasteiger partial charge on any atom is -0.456 e. The Bertz CT molecular complexity index is 1850. The molecule has 0 unspecified atom stereocenters. The molecule has 11 nitrogen and oxygen atoms in total. The van der Waals surface area contributed by atoms with Crippen LogP contribution in [0.4, 0.5) is 0 Å². The van der Waals surface area contributed by atoms with Crippen molar-refractivity contribution in [3.8, 4) is 22.8 Å². The summed E-state index contributed by atoms with van der Waals surface area (Å²) in [7, 11) is -4.69. The zero-order chi connectivity index (χ0) is 30.1. The molecule has 5 aromatic rings. The summed E-state index contributed by atoms with van der Waals surface area (Å²) in [6.45, 7) is 10.3. The molecule has 222 valence electrons. The Morgan fingerprint density at radius 1 is 1.02 bits per heavy atom. The molecule has 0 spiro atoms. The van der Waals surface area contributed by atoms with Gasteiger partial charge in [-0.05, 0) is 37.2 Å². The van der Waals surface area contributed by atoms with E-state index in [1.54, 1.807) is 35.4 Å². The summed E-state index contributed by atoms with van der Waals surface area (Å²) in [5.41, 5.74) is 4.13. The van der Waals surface area contributed by atoms with Crippen LogP contribution in [0.3, 0.4) is 0 Å². The van der Waals surface area contributed by atoms with Crippen molar-refractivity contribution < 1.29 is 22.1 Å². The van der Waals surface area contributed by atoms with Crippen LogP contribution < -0.4 is 4.74 Å². The molecule has 0 fully saturated rings. The lowest BCUT2D eigenvalue weighted by Crippen LogP contribution is -2.22. The highest BCUT2D eigenvalue weighted by Gasteiger charge is 2.16. The van der Waals surface area contributed by atoms with Gasteiger partial charge in [-0.3, -0.25) is 13.8 Å². The van der Waals surface area contributed by atoms with Crippen molar-refractivity contribution in [1.82, 2.24) is 29.3 Å². The highest BCUT2D eigenvalue weighted by molar-refractivity contribution is 7.85. The maximum absolute atomic E-state index is 11.2. The van der Waals surface area contributed by atoms with Gasteiger partial charge in [0.15, 0.2) is 0 Å². The molecular weight excluding hydrogens is 596 g/mol. The van der Waals surface area contributed by atoms with E-state index in [4.69, 9.17) is 30.2 Å². The van der Waals surface area contributed by atoms with E-state index in [1.807, 2.05) is 29.7 Å². The predicted molar refractivity (Wildman–Crippen MR) is 165 cm³/mol. The summed E-state index contributed by atoms with van der Waals surface area (Å²) < 4.78 is 43.0. The van der Waals surface area contributed by atoms with E-state index in [0.29, 0.717) is 45.5 Å². The summed E-state index contributed by atoms with van der Waals surface area (Å²) in [6.07, 6.45) is 6.01. The van der Waals surface area contributed by atoms with Crippen LogP contribution in [0.2, 0.25) is 30.7 Å². The fraction of sp³-hybridized carbons (Fsp3) is 0.357. The molecule has 0 aliphatic rings. The zero-order valence-electron chi connectivity index (χ0n) is 24.2. The average Bonchev–Trinajstić information content (AvgIpc) is 3.50. The first-order valence-corrected chi connectivity index (χ1v) is 19.3. The monoisotopic (exact) mass is 628 g/mol. The molecule has 0 saturated carbocycles. The predicted octanol–water partition coefficient (Wildman–Crippen LogP) is 5.89. The molecule has 42 heavy (non-hydrogen) atoms. The largest absolute Gasteiger partial charge is 0.456 e. The fourth-order valence-electron chi connectivity index (χ4n) is 4.26. The molecule has 3 heterocycles. The number of aryl methyl sites for hydroxylation is 1. The van der Waals surface area contributed by atoms with Gasteiger partial charge in [0.2, 0.25) is 0 Å². The minimum atomic E-state index is -3.52. The molecular formula is C28H33ClN6O5SSi. The van der Waals surface area contributed by atoms with Gasteiger partial charge in [0.1, 0.15) is 34.6 Å². The number of ether oxygens (including phenoxy) is 2. The lowest BCUT2D eigenvalue weighted by molar-refractivity contribution is 0.0885. The summed E-state index contributed by atoms with van der Waals surface area (Å²) in [6, 6.07) is 10.4. The first kappa shape index (κ1) is 30.1. The van der Waals surface area contributed by atoms with Crippen molar-refractivity contribution in [2.24, 2.45) is 0 Å². The molecule has 0 amide bonds. The fourth-order valence-corrected chi connectivity index (χ4v) is 5.63. The Labute approximate surface area is 250 Å². The van der Waals surface area contributed by atoms with E-state index in [0.717, 1.165) is 35.8 Å². The Hall–Kier alpha value is -3.36. The van der Waals surface area contributed by atoms with Gasteiger partial charge in [-0.25, -0.2) is 9.97 Å². The van der Waals surface area contributed by atoms with E-state index in [9.17, 15) is 8.42 Å². The third-order valence-electron chi connectivity index (χ3n) is 6.52. The van der Waals surface area contributed by atoms with Crippen LogP contribution >= 0.6 is 11.6 Å². The number of fused-ring (bicyclic) bond motifs is 2. The minimum absolute atomic E-state index is 0.0202. The molecule has 0 aliphatic heterocycles. The van der Waals surface area contributed by atoms with Crippen molar-refractivity contribution in [1.29, 1.82) is 0 Å². The normalized spacial score (nSPS) is 12.4. The van der Waals surface area contributed by atoms with Crippen LogP contribution in [0, 0.1) is 6.92 Å². The Morgan fingerprint density at radius 3 is 2.57 bits per heavy atom. The number of hydrogen-bond acceptors (Lipinski definition) is 9. The first-order valence-electron chi connectivity index (χ1n) is 13.4. The SMILES string of the molecule is Cc1nc2ccc(Oc3ccc4ncc(-c5cnn(CCOS(C)(=O)=O)c5)nc4c3Cl)cc2n1COCC[Si](C)(C)C. The molecule has 0 aliphatic carbocycles. The number of rotatable bonds is 12. The van der Waals surface area contributed by atoms with Crippen LogP contribution in [-0.4, -0.2) is 65.3 Å². The average molecular weight is 629 g/mol. The van der Waals surface area contributed by atoms with Crippen molar-refractivity contribution in [3.05, 3.63) is 59.8 Å². The second kappa shape index (κ2) is 12.1. The molecule has 0 saturated heterocycles. The van der Waals surface area contributed by atoms with Crippen molar-refractivity contribution in [2.45, 2.75) is 45.9 Å². The van der Waals surface area contributed by atoms with Crippen LogP contribution in [0.1, 0.15) is 5.82 Å². The first-order chi connectivity index (χ1) is 19.9. The number of halogens is 1. The maximum atomic E-state index is 11.2. The standard InChI is InChI=1S/C28H33ClN6O5SSi/c1-19-32-22-7-6-21(14-25(22)35(19)18-38-12-13-42(3,4)5)40-26-9-8-23-28(27(26)29)33-24(16-30-23)20-15-31-34(17-20)10-11-39-41(2,36)37/h6-9,14-17H,10-13,18H2,1-5H3. The zero-order valence-corrected chi connectivity index (χ0v) is 26.7. The lowest BCUT2D eigenvalue weighted by atomic mass is 10.2. The van der Waals surface area contributed by atoms with Crippen molar-refractivity contribution in [2.75, 3.05) is 19.5 Å². The highest BCUT2D eigenvalue weighted by Crippen LogP contribution is 2.36. The number of imidazole rings is 1. The highest BCUT2D eigenvalue weighted by atomic mass is 35.5. The smallest absolute Gasteiger partial charge is 0.264 e. The van der Waals surface area contributed by atoms with Gasteiger partial charge >= 0.3 is 0 Å². The van der Waals surface area contributed by atoms with E-state index in [1.165, 1.54) is 0 Å². The van der Waals surface area contributed by atoms with Crippen LogP contribution in [0.25, 0.3) is 33.3 Å². The van der Waals surface area contributed by atoms with Crippen molar-refractivity contribution in [3.63, 3.8) is 0 Å². The summed E-state index contributed by atoms with van der Waals surface area (Å²) in [5, 5.41) is 4.59. The molecule has 5 rings (SSSR count). The summed E-state index contributed by atoms with van der Waals surface area (Å²) >= 11 is 6.79. The summed E-state index contributed by atoms with van der Waals surface area (Å²) in [5.74, 6) is 1.92. The second-order valence-corrected chi connectivity index (χ2v) is 18.8. The molecule has 14 heteroatoms. The van der Waals surface area contributed by atoms with Crippen LogP contribution in [-0.2, 0) is 32.3 Å². The van der Waals surface area contributed by atoms with E-state index < -0.39 is 18.2 Å². The van der Waals surface area contributed by atoms with Crippen LogP contribution in [0.15, 0.2) is 48.9 Å². The molecule has 0 N–H and O–H groups in total. The second-order valence-electron chi connectivity index (χ2n) is 11.2. The lowest BCUT2D eigenvalue weighted by Gasteiger charge is -2.16. The van der Waals surface area contributed by atoms with Gasteiger partial charge in [-0.2, -0.15) is 13.5 Å².